The second-order valence-electron chi connectivity index (χ2n) is 5.10. The van der Waals surface area contributed by atoms with Gasteiger partial charge in [-0.1, -0.05) is 0 Å². The van der Waals surface area contributed by atoms with E-state index in [0.717, 1.165) is 0 Å². The average Bonchev–Trinajstić information content (AvgIpc) is 2.60. The molecular formula is C17H20N2O5S. The van der Waals surface area contributed by atoms with Crippen LogP contribution in [0.2, 0.25) is 0 Å². The lowest BCUT2D eigenvalue weighted by molar-refractivity contribution is -0.143. The molecule has 0 fully saturated rings. The minimum atomic E-state index is -0.330. The number of aromatic nitrogens is 2. The lowest BCUT2D eigenvalue weighted by Crippen LogP contribution is -2.17. The number of nitrogens with one attached hydrogen (secondary N) is 1. The van der Waals surface area contributed by atoms with Crippen LogP contribution < -0.4 is 15.0 Å². The van der Waals surface area contributed by atoms with E-state index in [-0.39, 0.29) is 29.3 Å². The number of aromatic amines is 1. The largest absolute Gasteiger partial charge is 0.497 e. The predicted molar refractivity (Wildman–Crippen MR) is 95.7 cm³/mol. The van der Waals surface area contributed by atoms with Gasteiger partial charge in [0, 0.05) is 24.2 Å². The normalized spacial score (nSPS) is 10.4. The predicted octanol–water partition coefficient (Wildman–Crippen LogP) is 2.54. The summed E-state index contributed by atoms with van der Waals surface area (Å²) < 4.78 is 17.5. The average molecular weight is 364 g/mol. The van der Waals surface area contributed by atoms with Gasteiger partial charge in [-0.2, -0.15) is 0 Å². The number of ether oxygens (including phenoxy) is 3. The van der Waals surface area contributed by atoms with Crippen molar-refractivity contribution < 1.29 is 19.0 Å². The molecule has 1 aromatic carbocycles. The number of H-pyrrole nitrogens is 1. The number of hydrogen-bond acceptors (Lipinski definition) is 6. The van der Waals surface area contributed by atoms with E-state index in [0.29, 0.717) is 29.4 Å². The zero-order chi connectivity index (χ0) is 18.4. The summed E-state index contributed by atoms with van der Waals surface area (Å²) in [6, 6.07) is 6.68. The maximum Gasteiger partial charge on any atom is 0.307 e. The standard InChI is InChI=1S/C17H20N2O5S/c1-4-24-16(21)7-8-19-13(10-15(20)18-17(19)25)12-6-5-11(22-2)9-14(12)23-3/h5-6,9-10H,4,7-8H2,1-3H3,(H,18,20,25). The Kier molecular flexibility index (Phi) is 6.35. The van der Waals surface area contributed by atoms with Crippen molar-refractivity contribution in [1.82, 2.24) is 9.55 Å². The van der Waals surface area contributed by atoms with Crippen LogP contribution in [0.4, 0.5) is 0 Å². The second-order valence-corrected chi connectivity index (χ2v) is 5.48. The highest BCUT2D eigenvalue weighted by molar-refractivity contribution is 7.71. The minimum Gasteiger partial charge on any atom is -0.497 e. The molecule has 0 aliphatic rings. The molecule has 0 bridgehead atoms. The van der Waals surface area contributed by atoms with E-state index in [1.54, 1.807) is 36.8 Å². The molecule has 2 rings (SSSR count). The number of nitrogens with zero attached hydrogens (tertiary/aromatic N) is 1. The highest BCUT2D eigenvalue weighted by Crippen LogP contribution is 2.32. The summed E-state index contributed by atoms with van der Waals surface area (Å²) in [5.74, 6) is 0.828. The first-order valence-electron chi connectivity index (χ1n) is 7.72. The van der Waals surface area contributed by atoms with Gasteiger partial charge in [-0.3, -0.25) is 14.6 Å². The van der Waals surface area contributed by atoms with Crippen LogP contribution in [-0.2, 0) is 16.1 Å². The number of carbonyl (C=O) groups is 1. The fourth-order valence-corrected chi connectivity index (χ4v) is 2.70. The van der Waals surface area contributed by atoms with Gasteiger partial charge in [-0.25, -0.2) is 0 Å². The number of methoxy groups -OCH3 is 2. The van der Waals surface area contributed by atoms with Gasteiger partial charge in [0.05, 0.1) is 32.9 Å². The Morgan fingerprint density at radius 2 is 2.00 bits per heavy atom. The van der Waals surface area contributed by atoms with E-state index in [2.05, 4.69) is 4.98 Å². The molecule has 0 radical (unpaired) electrons. The molecule has 0 saturated heterocycles. The summed E-state index contributed by atoms with van der Waals surface area (Å²) in [5, 5.41) is 0. The van der Waals surface area contributed by atoms with Crippen LogP contribution in [0.1, 0.15) is 13.3 Å². The Labute approximate surface area is 150 Å². The zero-order valence-electron chi connectivity index (χ0n) is 14.3. The van der Waals surface area contributed by atoms with Crippen molar-refractivity contribution in [2.45, 2.75) is 19.9 Å². The lowest BCUT2D eigenvalue weighted by atomic mass is 10.1. The molecule has 1 N–H and O–H groups in total. The molecule has 0 saturated carbocycles. The Hall–Kier alpha value is -2.61. The molecule has 1 heterocycles. The molecule has 0 amide bonds. The molecule has 0 spiro atoms. The molecule has 0 unspecified atom stereocenters. The maximum atomic E-state index is 11.9. The Balaban J connectivity index is 2.52. The molecule has 134 valence electrons. The number of rotatable bonds is 7. The van der Waals surface area contributed by atoms with Gasteiger partial charge in [-0.05, 0) is 31.3 Å². The smallest absolute Gasteiger partial charge is 0.307 e. The van der Waals surface area contributed by atoms with Crippen LogP contribution in [0.25, 0.3) is 11.3 Å². The fraction of sp³-hybridized carbons (Fsp3) is 0.353. The number of esters is 1. The highest BCUT2D eigenvalue weighted by atomic mass is 32.1. The second kappa shape index (κ2) is 8.48. The van der Waals surface area contributed by atoms with E-state index in [4.69, 9.17) is 26.4 Å². The number of carbonyl (C=O) groups excluding carboxylic acids is 1. The summed E-state index contributed by atoms with van der Waals surface area (Å²) in [5.41, 5.74) is 0.896. The Bertz CT molecular complexity index is 872. The summed E-state index contributed by atoms with van der Waals surface area (Å²) >= 11 is 5.26. The maximum absolute atomic E-state index is 11.9. The van der Waals surface area contributed by atoms with E-state index in [1.807, 2.05) is 0 Å². The number of benzene rings is 1. The topological polar surface area (TPSA) is 82.5 Å². The molecular weight excluding hydrogens is 344 g/mol. The third kappa shape index (κ3) is 4.48. The summed E-state index contributed by atoms with van der Waals surface area (Å²) in [4.78, 5) is 26.1. The monoisotopic (exact) mass is 364 g/mol. The van der Waals surface area contributed by atoms with Gasteiger partial charge in [0.2, 0.25) is 0 Å². The van der Waals surface area contributed by atoms with E-state index >= 15 is 0 Å². The van der Waals surface area contributed by atoms with E-state index in [1.165, 1.54) is 13.2 Å². The van der Waals surface area contributed by atoms with Crippen LogP contribution in [-0.4, -0.2) is 36.3 Å². The quantitative estimate of drug-likeness (QED) is 0.601. The fourth-order valence-electron chi connectivity index (χ4n) is 2.41. The van der Waals surface area contributed by atoms with Gasteiger partial charge >= 0.3 is 5.97 Å². The Morgan fingerprint density at radius 1 is 1.24 bits per heavy atom. The van der Waals surface area contributed by atoms with Gasteiger partial charge in [-0.15, -0.1) is 0 Å². The third-order valence-electron chi connectivity index (χ3n) is 3.56. The molecule has 0 aliphatic carbocycles. The first-order chi connectivity index (χ1) is 12.0. The van der Waals surface area contributed by atoms with Crippen LogP contribution in [0.3, 0.4) is 0 Å². The van der Waals surface area contributed by atoms with Crippen molar-refractivity contribution >= 4 is 18.2 Å². The van der Waals surface area contributed by atoms with Crippen LogP contribution in [0, 0.1) is 4.77 Å². The molecule has 7 nitrogen and oxygen atoms in total. The van der Waals surface area contributed by atoms with Crippen molar-refractivity contribution in [3.63, 3.8) is 0 Å². The van der Waals surface area contributed by atoms with Gasteiger partial charge in [0.1, 0.15) is 11.5 Å². The first-order valence-corrected chi connectivity index (χ1v) is 8.13. The number of hydrogen-bond donors (Lipinski definition) is 1. The van der Waals surface area contributed by atoms with Crippen LogP contribution in [0.15, 0.2) is 29.1 Å². The van der Waals surface area contributed by atoms with Crippen LogP contribution in [0.5, 0.6) is 11.5 Å². The molecule has 25 heavy (non-hydrogen) atoms. The molecule has 0 aliphatic heterocycles. The van der Waals surface area contributed by atoms with Crippen molar-refractivity contribution in [1.29, 1.82) is 0 Å². The Morgan fingerprint density at radius 3 is 2.64 bits per heavy atom. The van der Waals surface area contributed by atoms with Gasteiger partial charge in [0.25, 0.3) is 5.56 Å². The van der Waals surface area contributed by atoms with E-state index < -0.39 is 0 Å². The molecule has 1 aromatic heterocycles. The van der Waals surface area contributed by atoms with Gasteiger partial charge in [0.15, 0.2) is 4.77 Å². The molecule has 0 atom stereocenters. The van der Waals surface area contributed by atoms with Crippen molar-refractivity contribution in [3.8, 4) is 22.8 Å². The van der Waals surface area contributed by atoms with Gasteiger partial charge < -0.3 is 18.8 Å². The minimum absolute atomic E-state index is 0.139. The summed E-state index contributed by atoms with van der Waals surface area (Å²) in [7, 11) is 3.09. The van der Waals surface area contributed by atoms with Crippen LogP contribution >= 0.6 is 12.2 Å². The summed E-state index contributed by atoms with van der Waals surface area (Å²) in [6.07, 6.45) is 0.139. The lowest BCUT2D eigenvalue weighted by Gasteiger charge is -2.16. The molecule has 8 heteroatoms. The first kappa shape index (κ1) is 18.7. The highest BCUT2D eigenvalue weighted by Gasteiger charge is 2.14. The van der Waals surface area contributed by atoms with Crippen molar-refractivity contribution in [2.75, 3.05) is 20.8 Å². The summed E-state index contributed by atoms with van der Waals surface area (Å²) in [6.45, 7) is 2.34. The zero-order valence-corrected chi connectivity index (χ0v) is 15.1. The third-order valence-corrected chi connectivity index (χ3v) is 3.89. The molecule has 2 aromatic rings. The van der Waals surface area contributed by atoms with E-state index in [9.17, 15) is 9.59 Å². The van der Waals surface area contributed by atoms with Crippen molar-refractivity contribution in [2.24, 2.45) is 0 Å². The van der Waals surface area contributed by atoms with Crippen molar-refractivity contribution in [3.05, 3.63) is 39.4 Å². The SMILES string of the molecule is CCOC(=O)CCn1c(-c2ccc(OC)cc2OC)cc(=O)[nH]c1=S.